The molecule has 0 unspecified atom stereocenters. The fourth-order valence-corrected chi connectivity index (χ4v) is 3.48. The Hall–Kier alpha value is -2.39. The highest BCUT2D eigenvalue weighted by Crippen LogP contribution is 2.17. The molecular weight excluding hydrogens is 358 g/mol. The first-order valence-corrected chi connectivity index (χ1v) is 10.2. The molecule has 1 N–H and O–H groups in total. The Labute approximate surface area is 151 Å². The van der Waals surface area contributed by atoms with Crippen LogP contribution in [0.1, 0.15) is 18.4 Å². The van der Waals surface area contributed by atoms with Crippen molar-refractivity contribution in [1.29, 1.82) is 0 Å². The van der Waals surface area contributed by atoms with E-state index in [1.807, 2.05) is 6.20 Å². The van der Waals surface area contributed by atoms with Gasteiger partial charge in [0.15, 0.2) is 9.84 Å². The number of carboxylic acid groups (broad SMARTS) is 1. The molecular formula is C17H21N3O5S. The van der Waals surface area contributed by atoms with E-state index >= 15 is 0 Å². The van der Waals surface area contributed by atoms with Crippen LogP contribution in [-0.2, 0) is 21.2 Å². The summed E-state index contributed by atoms with van der Waals surface area (Å²) in [5.74, 6) is 0. The number of sulfone groups is 1. The summed E-state index contributed by atoms with van der Waals surface area (Å²) in [4.78, 5) is 12.6. The van der Waals surface area contributed by atoms with Gasteiger partial charge in [-0.25, -0.2) is 17.9 Å². The van der Waals surface area contributed by atoms with Crippen LogP contribution in [0.25, 0.3) is 5.69 Å². The fraction of sp³-hybridized carbons (Fsp3) is 0.412. The monoisotopic (exact) mass is 379 g/mol. The molecule has 8 nitrogen and oxygen atoms in total. The Kier molecular flexibility index (Phi) is 5.28. The third-order valence-electron chi connectivity index (χ3n) is 4.36. The fourth-order valence-electron chi connectivity index (χ4n) is 2.85. The maximum atomic E-state index is 11.5. The number of benzene rings is 1. The molecule has 1 aromatic carbocycles. The van der Waals surface area contributed by atoms with Crippen LogP contribution in [0.3, 0.4) is 0 Å². The number of nitrogens with zero attached hydrogens (tertiary/aromatic N) is 3. The van der Waals surface area contributed by atoms with Gasteiger partial charge in [-0.2, -0.15) is 5.10 Å². The van der Waals surface area contributed by atoms with E-state index < -0.39 is 15.9 Å². The Bertz CT molecular complexity index is 868. The molecule has 0 bridgehead atoms. The third-order valence-corrected chi connectivity index (χ3v) is 5.49. The molecule has 2 aromatic rings. The Morgan fingerprint density at radius 3 is 2.50 bits per heavy atom. The summed E-state index contributed by atoms with van der Waals surface area (Å²) >= 11 is 0. The molecule has 1 saturated heterocycles. The summed E-state index contributed by atoms with van der Waals surface area (Å²) in [7, 11) is -3.22. The normalized spacial score (nSPS) is 16.0. The van der Waals surface area contributed by atoms with E-state index in [1.54, 1.807) is 35.1 Å². The Morgan fingerprint density at radius 1 is 1.27 bits per heavy atom. The van der Waals surface area contributed by atoms with Gasteiger partial charge in [-0.05, 0) is 37.1 Å². The number of likely N-dealkylation sites (tertiary alicyclic amines) is 1. The second-order valence-corrected chi connectivity index (χ2v) is 8.35. The van der Waals surface area contributed by atoms with Crippen LogP contribution in [0.2, 0.25) is 0 Å². The zero-order chi connectivity index (χ0) is 18.7. The van der Waals surface area contributed by atoms with Crippen molar-refractivity contribution < 1.29 is 23.1 Å². The molecule has 0 atom stereocenters. The van der Waals surface area contributed by atoms with E-state index in [2.05, 4.69) is 5.10 Å². The summed E-state index contributed by atoms with van der Waals surface area (Å²) < 4.78 is 30.5. The number of rotatable bonds is 5. The van der Waals surface area contributed by atoms with Crippen molar-refractivity contribution >= 4 is 15.9 Å². The summed E-state index contributed by atoms with van der Waals surface area (Å²) in [5.41, 5.74) is 1.66. The predicted molar refractivity (Wildman–Crippen MR) is 94.1 cm³/mol. The smallest absolute Gasteiger partial charge is 0.407 e. The molecule has 0 radical (unpaired) electrons. The minimum absolute atomic E-state index is 0.0444. The van der Waals surface area contributed by atoms with Crippen LogP contribution >= 0.6 is 0 Å². The second kappa shape index (κ2) is 7.46. The zero-order valence-electron chi connectivity index (χ0n) is 14.4. The van der Waals surface area contributed by atoms with Crippen molar-refractivity contribution in [2.45, 2.75) is 30.4 Å². The van der Waals surface area contributed by atoms with Gasteiger partial charge in [-0.3, -0.25) is 0 Å². The molecule has 2 heterocycles. The number of aromatic nitrogens is 2. The lowest BCUT2D eigenvalue weighted by molar-refractivity contribution is 0.000362. The quantitative estimate of drug-likeness (QED) is 0.852. The minimum atomic E-state index is -3.22. The number of hydrogen-bond donors (Lipinski definition) is 1. The average Bonchev–Trinajstić information content (AvgIpc) is 3.09. The number of amides is 1. The Balaban J connectivity index is 1.56. The van der Waals surface area contributed by atoms with E-state index in [0.29, 0.717) is 32.5 Å². The molecule has 1 aliphatic heterocycles. The topological polar surface area (TPSA) is 102 Å². The average molecular weight is 379 g/mol. The lowest BCUT2D eigenvalue weighted by atomic mass is 10.1. The number of ether oxygens (including phenoxy) is 1. The molecule has 1 aliphatic rings. The van der Waals surface area contributed by atoms with Crippen LogP contribution < -0.4 is 0 Å². The van der Waals surface area contributed by atoms with Crippen LogP contribution in [0.15, 0.2) is 41.6 Å². The van der Waals surface area contributed by atoms with E-state index in [0.717, 1.165) is 11.3 Å². The number of piperidine rings is 1. The first-order valence-electron chi connectivity index (χ1n) is 8.26. The number of hydrogen-bond acceptors (Lipinski definition) is 5. The van der Waals surface area contributed by atoms with Gasteiger partial charge in [0, 0.05) is 31.1 Å². The first kappa shape index (κ1) is 18.4. The molecule has 9 heteroatoms. The summed E-state index contributed by atoms with van der Waals surface area (Å²) in [5, 5.41) is 13.2. The highest BCUT2D eigenvalue weighted by molar-refractivity contribution is 7.90. The lowest BCUT2D eigenvalue weighted by Crippen LogP contribution is -2.40. The van der Waals surface area contributed by atoms with Gasteiger partial charge in [0.25, 0.3) is 0 Å². The number of carbonyl (C=O) groups is 1. The molecule has 0 spiro atoms. The summed E-state index contributed by atoms with van der Waals surface area (Å²) in [6, 6.07) is 6.52. The molecule has 140 valence electrons. The molecule has 1 fully saturated rings. The molecule has 26 heavy (non-hydrogen) atoms. The van der Waals surface area contributed by atoms with Crippen molar-refractivity contribution in [3.05, 3.63) is 42.2 Å². The van der Waals surface area contributed by atoms with Crippen LogP contribution in [-0.4, -0.2) is 59.7 Å². The minimum Gasteiger partial charge on any atom is -0.465 e. The zero-order valence-corrected chi connectivity index (χ0v) is 15.2. The highest BCUT2D eigenvalue weighted by Gasteiger charge is 2.22. The van der Waals surface area contributed by atoms with Crippen LogP contribution in [0.4, 0.5) is 4.79 Å². The molecule has 0 saturated carbocycles. The van der Waals surface area contributed by atoms with Crippen LogP contribution in [0, 0.1) is 0 Å². The van der Waals surface area contributed by atoms with E-state index in [-0.39, 0.29) is 11.0 Å². The third kappa shape index (κ3) is 4.41. The maximum absolute atomic E-state index is 11.5. The second-order valence-electron chi connectivity index (χ2n) is 6.34. The van der Waals surface area contributed by atoms with Gasteiger partial charge in [0.1, 0.15) is 0 Å². The van der Waals surface area contributed by atoms with E-state index in [1.165, 1.54) is 11.2 Å². The predicted octanol–water partition coefficient (Wildman–Crippen LogP) is 1.93. The molecule has 1 aromatic heterocycles. The van der Waals surface area contributed by atoms with E-state index in [4.69, 9.17) is 9.84 Å². The van der Waals surface area contributed by atoms with E-state index in [9.17, 15) is 13.2 Å². The van der Waals surface area contributed by atoms with Gasteiger partial charge in [0.05, 0.1) is 29.5 Å². The largest absolute Gasteiger partial charge is 0.465 e. The molecule has 1 amide bonds. The lowest BCUT2D eigenvalue weighted by Gasteiger charge is -2.29. The van der Waals surface area contributed by atoms with Crippen molar-refractivity contribution in [2.24, 2.45) is 0 Å². The SMILES string of the molecule is CS(=O)(=O)c1ccc(-n2cc(COC3CCN(C(=O)O)CC3)cn2)cc1. The van der Waals surface area contributed by atoms with Gasteiger partial charge >= 0.3 is 6.09 Å². The van der Waals surface area contributed by atoms with Crippen LogP contribution in [0.5, 0.6) is 0 Å². The van der Waals surface area contributed by atoms with Crippen molar-refractivity contribution in [1.82, 2.24) is 14.7 Å². The van der Waals surface area contributed by atoms with Gasteiger partial charge in [-0.1, -0.05) is 0 Å². The molecule has 3 rings (SSSR count). The highest BCUT2D eigenvalue weighted by atomic mass is 32.2. The standard InChI is InChI=1S/C17H21N3O5S/c1-26(23,24)16-4-2-14(3-5-16)20-11-13(10-18-20)12-25-15-6-8-19(9-7-15)17(21)22/h2-5,10-11,15H,6-9,12H2,1H3,(H,21,22). The van der Waals surface area contributed by atoms with Crippen molar-refractivity contribution in [3.63, 3.8) is 0 Å². The van der Waals surface area contributed by atoms with Gasteiger partial charge in [-0.15, -0.1) is 0 Å². The van der Waals surface area contributed by atoms with Gasteiger partial charge < -0.3 is 14.7 Å². The van der Waals surface area contributed by atoms with Crippen molar-refractivity contribution in [2.75, 3.05) is 19.3 Å². The molecule has 0 aliphatic carbocycles. The first-order chi connectivity index (χ1) is 12.3. The summed E-state index contributed by atoms with van der Waals surface area (Å²) in [6.07, 6.45) is 5.25. The Morgan fingerprint density at radius 2 is 1.92 bits per heavy atom. The van der Waals surface area contributed by atoms with Gasteiger partial charge in [0.2, 0.25) is 0 Å². The summed E-state index contributed by atoms with van der Waals surface area (Å²) in [6.45, 7) is 1.39. The van der Waals surface area contributed by atoms with Crippen molar-refractivity contribution in [3.8, 4) is 5.69 Å². The maximum Gasteiger partial charge on any atom is 0.407 e.